The fourth-order valence-electron chi connectivity index (χ4n) is 5.04. The highest BCUT2D eigenvalue weighted by molar-refractivity contribution is 5.70. The molecule has 312 valence electrons. The summed E-state index contributed by atoms with van der Waals surface area (Å²) < 4.78 is 60.2. The molecular weight excluding hydrogens is 768 g/mol. The molecule has 0 aromatic carbocycles. The molecule has 10 atom stereocenters. The van der Waals surface area contributed by atoms with Gasteiger partial charge in [0.25, 0.3) is 0 Å². The minimum Gasteiger partial charge on any atom is -0.480 e. The molecular formula is C28H38O27. The van der Waals surface area contributed by atoms with Gasteiger partial charge in [-0.1, -0.05) is 0 Å². The maximum atomic E-state index is 11.6. The van der Waals surface area contributed by atoms with Gasteiger partial charge in [-0.25, -0.2) is 38.4 Å². The van der Waals surface area contributed by atoms with E-state index < -0.39 is 175 Å². The lowest BCUT2D eigenvalue weighted by molar-refractivity contribution is -0.372. The van der Waals surface area contributed by atoms with Crippen molar-refractivity contribution in [3.05, 3.63) is 0 Å². The number of carboxylic acids is 8. The van der Waals surface area contributed by atoms with Crippen molar-refractivity contribution in [3.63, 3.8) is 0 Å². The minimum absolute atomic E-state index is 0.782. The molecule has 0 amide bonds. The standard InChI is InChI=1S/C28H38O27/c29-13(30)3-45-1-11-21(47-5-15(33)34)23(48-6-16(35)36)26(51-9-19(41)42)28(54-11)55-22-12(2-46-4-14(31)32)53-27(52-10-20(43)44)25(50-8-18(39)40)24(22)49-7-17(37)38/h11-12,21-28H,1-10H2,(H,29,30)(H,31,32)(H,33,34)(H,35,36)(H,37,38)(H,39,40)(H,41,42)(H,43,44)/t11-,12-,21-,22-,23+,24+,25-,26-,27-,28+/m1/s1. The predicted molar refractivity (Wildman–Crippen MR) is 160 cm³/mol. The lowest BCUT2D eigenvalue weighted by Crippen LogP contribution is -2.67. The van der Waals surface area contributed by atoms with E-state index >= 15 is 0 Å². The summed E-state index contributed by atoms with van der Waals surface area (Å²) in [5.41, 5.74) is 0. The number of aliphatic carboxylic acids is 8. The van der Waals surface area contributed by atoms with Gasteiger partial charge in [0.2, 0.25) is 0 Å². The molecule has 27 nitrogen and oxygen atoms in total. The Hall–Kier alpha value is -4.68. The highest BCUT2D eigenvalue weighted by Gasteiger charge is 2.55. The highest BCUT2D eigenvalue weighted by atomic mass is 16.8. The zero-order chi connectivity index (χ0) is 41.2. The fraction of sp³-hybridized carbons (Fsp3) is 0.714. The molecule has 0 aromatic rings. The van der Waals surface area contributed by atoms with Crippen molar-refractivity contribution in [1.29, 1.82) is 0 Å². The number of rotatable bonds is 28. The van der Waals surface area contributed by atoms with Gasteiger partial charge in [-0.3, -0.25) is 0 Å². The summed E-state index contributed by atoms with van der Waals surface area (Å²) >= 11 is 0. The number of ether oxygens (including phenoxy) is 11. The maximum absolute atomic E-state index is 11.6. The molecule has 0 aromatic heterocycles. The van der Waals surface area contributed by atoms with Gasteiger partial charge in [0, 0.05) is 0 Å². The monoisotopic (exact) mass is 806 g/mol. The third kappa shape index (κ3) is 16.7. The van der Waals surface area contributed by atoms with Crippen molar-refractivity contribution < 1.29 is 131 Å². The Balaban J connectivity index is 2.77. The van der Waals surface area contributed by atoms with Crippen LogP contribution in [0.25, 0.3) is 0 Å². The molecule has 2 aliphatic heterocycles. The minimum atomic E-state index is -2.09. The average Bonchev–Trinajstić information content (AvgIpc) is 3.07. The first-order chi connectivity index (χ1) is 25.9. The van der Waals surface area contributed by atoms with Gasteiger partial charge in [0.1, 0.15) is 102 Å². The number of hydrogen-bond acceptors (Lipinski definition) is 19. The van der Waals surface area contributed by atoms with Crippen LogP contribution in [0.3, 0.4) is 0 Å². The molecule has 2 aliphatic rings. The van der Waals surface area contributed by atoms with Crippen LogP contribution in [0.15, 0.2) is 0 Å². The van der Waals surface area contributed by atoms with Crippen molar-refractivity contribution in [2.75, 3.05) is 66.1 Å². The SMILES string of the molecule is O=C(O)COC[C@H]1O[C@@H](O[C@H]2[C@H](OCC(=O)O)[C@@H](OCC(=O)O)[C@H](OCC(=O)O)O[C@@H]2COCC(=O)O)[C@H](OCC(=O)O)[C@@H](OCC(=O)O)[C@@H]1OCC(=O)O. The van der Waals surface area contributed by atoms with Gasteiger partial charge in [0.15, 0.2) is 12.6 Å². The van der Waals surface area contributed by atoms with Crippen LogP contribution in [0.5, 0.6) is 0 Å². The van der Waals surface area contributed by atoms with E-state index in [1.807, 2.05) is 0 Å². The quantitative estimate of drug-likeness (QED) is 0.0369. The Labute approximate surface area is 306 Å². The lowest BCUT2D eigenvalue weighted by atomic mass is 9.96. The van der Waals surface area contributed by atoms with E-state index in [0.717, 1.165) is 0 Å². The van der Waals surface area contributed by atoms with Crippen molar-refractivity contribution in [2.24, 2.45) is 0 Å². The number of hydrogen-bond donors (Lipinski definition) is 8. The zero-order valence-corrected chi connectivity index (χ0v) is 28.2. The van der Waals surface area contributed by atoms with E-state index in [9.17, 15) is 69.0 Å². The van der Waals surface area contributed by atoms with E-state index in [2.05, 4.69) is 0 Å². The van der Waals surface area contributed by atoms with Crippen molar-refractivity contribution in [1.82, 2.24) is 0 Å². The molecule has 8 N–H and O–H groups in total. The third-order valence-electron chi connectivity index (χ3n) is 6.86. The maximum Gasteiger partial charge on any atom is 0.329 e. The van der Waals surface area contributed by atoms with E-state index in [1.165, 1.54) is 0 Å². The van der Waals surface area contributed by atoms with Gasteiger partial charge in [-0.2, -0.15) is 0 Å². The average molecular weight is 807 g/mol. The Bertz CT molecular complexity index is 1340. The summed E-state index contributed by atoms with van der Waals surface area (Å²) in [4.78, 5) is 91.5. The van der Waals surface area contributed by atoms with Crippen LogP contribution in [-0.4, -0.2) is 216 Å². The van der Waals surface area contributed by atoms with Crippen molar-refractivity contribution in [3.8, 4) is 0 Å². The lowest BCUT2D eigenvalue weighted by Gasteiger charge is -2.49. The Morgan fingerprint density at radius 3 is 1.04 bits per heavy atom. The second kappa shape index (κ2) is 23.3. The molecule has 0 radical (unpaired) electrons. The van der Waals surface area contributed by atoms with Gasteiger partial charge in [-0.05, 0) is 0 Å². The van der Waals surface area contributed by atoms with Crippen molar-refractivity contribution >= 4 is 47.8 Å². The first kappa shape index (κ1) is 46.5. The Kier molecular flexibility index (Phi) is 19.7. The summed E-state index contributed by atoms with van der Waals surface area (Å²) in [6.45, 7) is -10.5. The summed E-state index contributed by atoms with van der Waals surface area (Å²) in [6.07, 6.45) is -18.7. The molecule has 0 unspecified atom stereocenters. The largest absolute Gasteiger partial charge is 0.480 e. The molecule has 27 heteroatoms. The Morgan fingerprint density at radius 2 is 0.636 bits per heavy atom. The number of carbonyl (C=O) groups is 8. The Morgan fingerprint density at radius 1 is 0.345 bits per heavy atom. The zero-order valence-electron chi connectivity index (χ0n) is 28.2. The van der Waals surface area contributed by atoms with Gasteiger partial charge in [0.05, 0.1) is 13.2 Å². The summed E-state index contributed by atoms with van der Waals surface area (Å²) in [5.74, 6) is -12.6. The van der Waals surface area contributed by atoms with Crippen LogP contribution in [0, 0.1) is 0 Å². The van der Waals surface area contributed by atoms with Crippen LogP contribution in [0.4, 0.5) is 0 Å². The summed E-state index contributed by atoms with van der Waals surface area (Å²) in [5, 5.41) is 74.3. The summed E-state index contributed by atoms with van der Waals surface area (Å²) in [6, 6.07) is 0. The number of carboxylic acid groups (broad SMARTS) is 8. The fourth-order valence-corrected chi connectivity index (χ4v) is 5.04. The molecule has 0 aliphatic carbocycles. The van der Waals surface area contributed by atoms with E-state index in [0.29, 0.717) is 0 Å². The van der Waals surface area contributed by atoms with Crippen molar-refractivity contribution in [2.45, 2.75) is 61.4 Å². The first-order valence-electron chi connectivity index (χ1n) is 15.4. The third-order valence-corrected chi connectivity index (χ3v) is 6.86. The van der Waals surface area contributed by atoms with Gasteiger partial charge in [-0.15, -0.1) is 0 Å². The second-order valence-electron chi connectivity index (χ2n) is 11.1. The topological polar surface area (TPSA) is 400 Å². The molecule has 0 saturated carbocycles. The van der Waals surface area contributed by atoms with Crippen LogP contribution in [0.2, 0.25) is 0 Å². The molecule has 0 bridgehead atoms. The molecule has 55 heavy (non-hydrogen) atoms. The normalized spacial score (nSPS) is 27.9. The second-order valence-corrected chi connectivity index (χ2v) is 11.1. The van der Waals surface area contributed by atoms with E-state index in [4.69, 9.17) is 62.3 Å². The van der Waals surface area contributed by atoms with Crippen LogP contribution < -0.4 is 0 Å². The van der Waals surface area contributed by atoms with Crippen LogP contribution in [-0.2, 0) is 90.5 Å². The smallest absolute Gasteiger partial charge is 0.329 e. The van der Waals surface area contributed by atoms with Gasteiger partial charge < -0.3 is 93.0 Å². The molecule has 0 spiro atoms. The first-order valence-corrected chi connectivity index (χ1v) is 15.4. The molecule has 2 heterocycles. The molecule has 2 fully saturated rings. The molecule has 2 saturated heterocycles. The highest BCUT2D eigenvalue weighted by Crippen LogP contribution is 2.35. The summed E-state index contributed by atoms with van der Waals surface area (Å²) in [7, 11) is 0. The van der Waals surface area contributed by atoms with Crippen LogP contribution in [0.1, 0.15) is 0 Å². The van der Waals surface area contributed by atoms with Crippen LogP contribution >= 0.6 is 0 Å². The predicted octanol–water partition coefficient (Wildman–Crippen LogP) is -4.53. The molecule has 2 rings (SSSR count). The van der Waals surface area contributed by atoms with E-state index in [-0.39, 0.29) is 0 Å². The van der Waals surface area contributed by atoms with Gasteiger partial charge >= 0.3 is 47.8 Å². The van der Waals surface area contributed by atoms with E-state index in [1.54, 1.807) is 0 Å².